The normalized spacial score (nSPS) is 11.1. The van der Waals surface area contributed by atoms with Gasteiger partial charge in [-0.2, -0.15) is 0 Å². The number of hydrogen-bond donors (Lipinski definition) is 0. The van der Waals surface area contributed by atoms with Crippen LogP contribution in [0.1, 0.15) is 13.8 Å². The molecule has 0 saturated heterocycles. The van der Waals surface area contributed by atoms with E-state index in [9.17, 15) is 31.5 Å². The molecule has 0 bridgehead atoms. The second-order valence-corrected chi connectivity index (χ2v) is 6.44. The van der Waals surface area contributed by atoms with Crippen LogP contribution in [0.15, 0.2) is 0 Å². The molecule has 0 heterocycles. The summed E-state index contributed by atoms with van der Waals surface area (Å²) in [5.41, 5.74) is 0. The molecule has 0 aliphatic rings. The molecule has 112 valence electrons. The minimum absolute atomic E-state index is 0.833. The van der Waals surface area contributed by atoms with Crippen LogP contribution in [-0.4, -0.2) is 11.9 Å². The first-order valence-corrected chi connectivity index (χ1v) is 7.60. The van der Waals surface area contributed by atoms with Crippen LogP contribution in [0.2, 0.25) is 0 Å². The Bertz CT molecular complexity index is 532. The molecule has 4 nitrogen and oxygen atoms in total. The predicted molar refractivity (Wildman–Crippen MR) is 62.5 cm³/mol. The van der Waals surface area contributed by atoms with Gasteiger partial charge in [-0.1, -0.05) is 0 Å². The molecule has 10 heteroatoms. The zero-order valence-electron chi connectivity index (χ0n) is 9.90. The van der Waals surface area contributed by atoms with Gasteiger partial charge < -0.3 is 0 Å². The van der Waals surface area contributed by atoms with Crippen molar-refractivity contribution >= 4 is 32.6 Å². The molecule has 1 rings (SSSR count). The van der Waals surface area contributed by atoms with Gasteiger partial charge in [0.25, 0.3) is 0 Å². The van der Waals surface area contributed by atoms with Crippen LogP contribution in [0.4, 0.5) is 22.0 Å². The van der Waals surface area contributed by atoms with Crippen molar-refractivity contribution in [2.45, 2.75) is 13.8 Å². The summed E-state index contributed by atoms with van der Waals surface area (Å²) in [4.78, 5) is 21.6. The van der Waals surface area contributed by atoms with E-state index in [0.29, 0.717) is 0 Å². The average Bonchev–Trinajstić information content (AvgIpc) is 2.32. The summed E-state index contributed by atoms with van der Waals surface area (Å²) in [6.45, 7) is 1.67. The Kier molecular flexibility index (Phi) is 5.25. The summed E-state index contributed by atoms with van der Waals surface area (Å²) in [6, 6.07) is 0. The van der Waals surface area contributed by atoms with Crippen LogP contribution < -0.4 is 0 Å². The van der Waals surface area contributed by atoms with Gasteiger partial charge in [0.2, 0.25) is 0 Å². The molecular formula is C10H6F5IO4. The number of halogens is 6. The molecule has 20 heavy (non-hydrogen) atoms. The van der Waals surface area contributed by atoms with E-state index in [4.69, 9.17) is 0 Å². The van der Waals surface area contributed by atoms with E-state index in [2.05, 4.69) is 6.13 Å². The van der Waals surface area contributed by atoms with E-state index < -0.39 is 65.2 Å². The molecular weight excluding hydrogens is 406 g/mol. The number of benzene rings is 1. The Balaban J connectivity index is 3.46. The number of hydrogen-bond acceptors (Lipinski definition) is 4. The summed E-state index contributed by atoms with van der Waals surface area (Å²) >= 11 is -4.16. The Hall–Kier alpha value is -1.46. The third-order valence-corrected chi connectivity index (χ3v) is 5.54. The Morgan fingerprint density at radius 2 is 1.05 bits per heavy atom. The first-order chi connectivity index (χ1) is 9.16. The van der Waals surface area contributed by atoms with Gasteiger partial charge >= 0.3 is 117 Å². The molecule has 0 fully saturated rings. The van der Waals surface area contributed by atoms with E-state index in [0.717, 1.165) is 13.8 Å². The third-order valence-electron chi connectivity index (χ3n) is 1.67. The van der Waals surface area contributed by atoms with Crippen LogP contribution in [-0.2, 0) is 15.7 Å². The molecule has 0 radical (unpaired) electrons. The van der Waals surface area contributed by atoms with E-state index in [1.165, 1.54) is 0 Å². The van der Waals surface area contributed by atoms with Crippen molar-refractivity contribution in [2.75, 3.05) is 0 Å². The van der Waals surface area contributed by atoms with E-state index in [-0.39, 0.29) is 0 Å². The average molecular weight is 412 g/mol. The van der Waals surface area contributed by atoms with Crippen LogP contribution in [0.3, 0.4) is 0 Å². The van der Waals surface area contributed by atoms with Crippen LogP contribution >= 0.6 is 20.6 Å². The molecule has 1 aromatic carbocycles. The molecule has 0 atom stereocenters. The van der Waals surface area contributed by atoms with Gasteiger partial charge in [-0.05, 0) is 0 Å². The molecule has 0 N–H and O–H groups in total. The first-order valence-electron chi connectivity index (χ1n) is 4.76. The van der Waals surface area contributed by atoms with E-state index in [1.807, 2.05) is 0 Å². The van der Waals surface area contributed by atoms with Gasteiger partial charge in [0.15, 0.2) is 0 Å². The van der Waals surface area contributed by atoms with Crippen LogP contribution in [0.25, 0.3) is 0 Å². The van der Waals surface area contributed by atoms with E-state index >= 15 is 0 Å². The van der Waals surface area contributed by atoms with Gasteiger partial charge in [-0.3, -0.25) is 0 Å². The number of rotatable bonds is 3. The summed E-state index contributed by atoms with van der Waals surface area (Å²) in [6.07, 6.45) is 0. The fourth-order valence-corrected chi connectivity index (χ4v) is 3.91. The summed E-state index contributed by atoms with van der Waals surface area (Å²) < 4.78 is 73.3. The zero-order valence-corrected chi connectivity index (χ0v) is 12.1. The van der Waals surface area contributed by atoms with Crippen LogP contribution in [0.5, 0.6) is 0 Å². The van der Waals surface area contributed by atoms with Gasteiger partial charge in [0, 0.05) is 0 Å². The Morgan fingerprint density at radius 1 is 0.750 bits per heavy atom. The van der Waals surface area contributed by atoms with Crippen molar-refractivity contribution < 1.29 is 37.7 Å². The van der Waals surface area contributed by atoms with Gasteiger partial charge in [-0.25, -0.2) is 0 Å². The minimum atomic E-state index is -4.16. The van der Waals surface area contributed by atoms with Gasteiger partial charge in [0.05, 0.1) is 0 Å². The fraction of sp³-hybridized carbons (Fsp3) is 0.200. The van der Waals surface area contributed by atoms with Crippen LogP contribution in [0, 0.1) is 32.7 Å². The number of carbonyl (C=O) groups is 2. The maximum absolute atomic E-state index is 13.5. The molecule has 0 aliphatic heterocycles. The second kappa shape index (κ2) is 6.33. The fourth-order valence-electron chi connectivity index (χ4n) is 1.00. The Morgan fingerprint density at radius 3 is 1.35 bits per heavy atom. The maximum atomic E-state index is 13.5. The number of carbonyl (C=O) groups excluding carboxylic acids is 2. The van der Waals surface area contributed by atoms with Crippen molar-refractivity contribution in [3.63, 3.8) is 0 Å². The molecule has 0 saturated carbocycles. The molecule has 0 unspecified atom stereocenters. The summed E-state index contributed by atoms with van der Waals surface area (Å²) in [5.74, 6) is -13.3. The molecule has 0 aliphatic carbocycles. The van der Waals surface area contributed by atoms with E-state index in [1.54, 1.807) is 0 Å². The molecule has 0 amide bonds. The molecule has 0 spiro atoms. The summed E-state index contributed by atoms with van der Waals surface area (Å²) in [7, 11) is 0. The standard InChI is InChI=1S/C10H6F5IO4/c1-3(17)19-16(20-4(2)18)10-8(14)6(12)5(11)7(13)9(10)15/h1-2H3. The van der Waals surface area contributed by atoms with Crippen molar-refractivity contribution in [2.24, 2.45) is 0 Å². The van der Waals surface area contributed by atoms with Crippen molar-refractivity contribution in [1.29, 1.82) is 0 Å². The quantitative estimate of drug-likeness (QED) is 0.332. The molecule has 0 aromatic heterocycles. The van der Waals surface area contributed by atoms with Crippen molar-refractivity contribution in [1.82, 2.24) is 0 Å². The predicted octanol–water partition coefficient (Wildman–Crippen LogP) is 3.01. The van der Waals surface area contributed by atoms with Crippen molar-refractivity contribution in [3.05, 3.63) is 32.7 Å². The van der Waals surface area contributed by atoms with Gasteiger partial charge in [-0.15, -0.1) is 0 Å². The summed E-state index contributed by atoms with van der Waals surface area (Å²) in [5, 5.41) is 0. The van der Waals surface area contributed by atoms with Crippen molar-refractivity contribution in [3.8, 4) is 0 Å². The molecule has 1 aromatic rings. The topological polar surface area (TPSA) is 52.6 Å². The second-order valence-electron chi connectivity index (χ2n) is 3.24. The third kappa shape index (κ3) is 3.35. The monoisotopic (exact) mass is 412 g/mol. The SMILES string of the molecule is CC(=O)OI(OC(C)=O)c1c(F)c(F)c(F)c(F)c1F. The van der Waals surface area contributed by atoms with Gasteiger partial charge in [0.1, 0.15) is 0 Å². The first kappa shape index (κ1) is 16.6. The zero-order chi connectivity index (χ0) is 15.6. The Labute approximate surface area is 117 Å².